The first-order chi connectivity index (χ1) is 18.9. The zero-order chi connectivity index (χ0) is 25.3. The Balaban J connectivity index is 1.38. The molecule has 0 unspecified atom stereocenters. The van der Waals surface area contributed by atoms with Crippen molar-refractivity contribution in [1.82, 2.24) is 4.57 Å². The highest BCUT2D eigenvalue weighted by Gasteiger charge is 2.16. The lowest BCUT2D eigenvalue weighted by molar-refractivity contribution is 1.13. The van der Waals surface area contributed by atoms with Crippen molar-refractivity contribution in [2.24, 2.45) is 0 Å². The van der Waals surface area contributed by atoms with Crippen LogP contribution in [0.2, 0.25) is 0 Å². The topological polar surface area (TPSA) is 8.17 Å². The van der Waals surface area contributed by atoms with Gasteiger partial charge in [0.1, 0.15) is 0 Å². The molecule has 0 saturated heterocycles. The number of anilines is 3. The van der Waals surface area contributed by atoms with Gasteiger partial charge in [0.15, 0.2) is 0 Å². The highest BCUT2D eigenvalue weighted by atomic mass is 15.1. The summed E-state index contributed by atoms with van der Waals surface area (Å²) in [4.78, 5) is 2.35. The third kappa shape index (κ3) is 3.84. The highest BCUT2D eigenvalue weighted by Crippen LogP contribution is 2.40. The van der Waals surface area contributed by atoms with Crippen LogP contribution >= 0.6 is 0 Å². The summed E-state index contributed by atoms with van der Waals surface area (Å²) in [6, 6.07) is 56.1. The Bertz CT molecular complexity index is 1840. The molecule has 38 heavy (non-hydrogen) atoms. The molecule has 2 nitrogen and oxygen atoms in total. The maximum Gasteiger partial charge on any atom is 0.0541 e. The van der Waals surface area contributed by atoms with E-state index in [1.54, 1.807) is 0 Å². The number of rotatable bonds is 5. The predicted octanol–water partition coefficient (Wildman–Crippen LogP) is 9.92. The molecule has 6 aromatic carbocycles. The van der Waals surface area contributed by atoms with E-state index in [1.165, 1.54) is 38.6 Å². The van der Waals surface area contributed by atoms with Gasteiger partial charge in [0.25, 0.3) is 0 Å². The van der Waals surface area contributed by atoms with Gasteiger partial charge in [-0.15, -0.1) is 0 Å². The van der Waals surface area contributed by atoms with E-state index in [4.69, 9.17) is 0 Å². The third-order valence-corrected chi connectivity index (χ3v) is 7.17. The molecule has 0 radical (unpaired) electrons. The molecule has 0 fully saturated rings. The number of aromatic nitrogens is 1. The molecule has 0 bridgehead atoms. The summed E-state index contributed by atoms with van der Waals surface area (Å²) in [5, 5.41) is 3.69. The normalized spacial score (nSPS) is 11.2. The first kappa shape index (κ1) is 22.1. The fourth-order valence-electron chi connectivity index (χ4n) is 5.41. The summed E-state index contributed by atoms with van der Waals surface area (Å²) in [5.74, 6) is 0. The lowest BCUT2D eigenvalue weighted by atomic mass is 10.1. The number of fused-ring (bicyclic) bond motifs is 2. The molecular formula is C36H26N2. The van der Waals surface area contributed by atoms with Crippen molar-refractivity contribution in [1.29, 1.82) is 0 Å². The SMILES string of the molecule is c1ccc(N(c2ccc(-c3cc4ccccc4n3-c3ccccc3)cc2)c2cccc3ccccc23)cc1. The Labute approximate surface area is 222 Å². The molecule has 0 aliphatic rings. The van der Waals surface area contributed by atoms with Crippen molar-refractivity contribution in [2.45, 2.75) is 0 Å². The van der Waals surface area contributed by atoms with Crippen LogP contribution in [-0.2, 0) is 0 Å². The Hall–Kier alpha value is -5.08. The molecule has 0 aliphatic heterocycles. The summed E-state index contributed by atoms with van der Waals surface area (Å²) >= 11 is 0. The van der Waals surface area contributed by atoms with E-state index in [-0.39, 0.29) is 0 Å². The largest absolute Gasteiger partial charge is 0.310 e. The molecular weight excluding hydrogens is 460 g/mol. The Morgan fingerprint density at radius 3 is 1.84 bits per heavy atom. The fourth-order valence-corrected chi connectivity index (χ4v) is 5.41. The molecule has 7 rings (SSSR count). The lowest BCUT2D eigenvalue weighted by Gasteiger charge is -2.27. The van der Waals surface area contributed by atoms with Crippen LogP contribution in [0.4, 0.5) is 17.1 Å². The van der Waals surface area contributed by atoms with Gasteiger partial charge in [-0.05, 0) is 65.5 Å². The maximum absolute atomic E-state index is 2.35. The average molecular weight is 487 g/mol. The van der Waals surface area contributed by atoms with Gasteiger partial charge in [0.2, 0.25) is 0 Å². The van der Waals surface area contributed by atoms with Crippen LogP contribution in [-0.4, -0.2) is 4.57 Å². The number of hydrogen-bond donors (Lipinski definition) is 0. The van der Waals surface area contributed by atoms with E-state index in [9.17, 15) is 0 Å². The van der Waals surface area contributed by atoms with Gasteiger partial charge in [-0.1, -0.05) is 103 Å². The minimum absolute atomic E-state index is 1.12. The summed E-state index contributed by atoms with van der Waals surface area (Å²) in [6.45, 7) is 0. The first-order valence-corrected chi connectivity index (χ1v) is 13.0. The van der Waals surface area contributed by atoms with Gasteiger partial charge >= 0.3 is 0 Å². The van der Waals surface area contributed by atoms with Crippen molar-refractivity contribution in [2.75, 3.05) is 4.90 Å². The maximum atomic E-state index is 2.35. The van der Waals surface area contributed by atoms with Gasteiger partial charge in [-0.25, -0.2) is 0 Å². The van der Waals surface area contributed by atoms with Gasteiger partial charge < -0.3 is 9.47 Å². The van der Waals surface area contributed by atoms with Gasteiger partial charge in [-0.3, -0.25) is 0 Å². The van der Waals surface area contributed by atoms with E-state index in [0.717, 1.165) is 17.1 Å². The van der Waals surface area contributed by atoms with E-state index >= 15 is 0 Å². The molecule has 0 atom stereocenters. The highest BCUT2D eigenvalue weighted by molar-refractivity contribution is 5.99. The molecule has 0 amide bonds. The monoisotopic (exact) mass is 486 g/mol. The van der Waals surface area contributed by atoms with Crippen LogP contribution < -0.4 is 4.90 Å². The van der Waals surface area contributed by atoms with Crippen LogP contribution in [0.15, 0.2) is 158 Å². The lowest BCUT2D eigenvalue weighted by Crippen LogP contribution is -2.10. The molecule has 0 N–H and O–H groups in total. The predicted molar refractivity (Wildman–Crippen MR) is 161 cm³/mol. The Kier molecular flexibility index (Phi) is 5.49. The summed E-state index contributed by atoms with van der Waals surface area (Å²) in [7, 11) is 0. The van der Waals surface area contributed by atoms with Crippen molar-refractivity contribution in [3.05, 3.63) is 158 Å². The summed E-state index contributed by atoms with van der Waals surface area (Å²) in [6.07, 6.45) is 0. The summed E-state index contributed by atoms with van der Waals surface area (Å²) < 4.78 is 2.35. The van der Waals surface area contributed by atoms with Crippen LogP contribution in [0.5, 0.6) is 0 Å². The molecule has 0 spiro atoms. The number of nitrogens with zero attached hydrogens (tertiary/aromatic N) is 2. The fraction of sp³-hybridized carbons (Fsp3) is 0. The van der Waals surface area contributed by atoms with Crippen LogP contribution in [0.1, 0.15) is 0 Å². The van der Waals surface area contributed by atoms with Crippen molar-refractivity contribution >= 4 is 38.7 Å². The molecule has 2 heteroatoms. The van der Waals surface area contributed by atoms with E-state index < -0.39 is 0 Å². The first-order valence-electron chi connectivity index (χ1n) is 13.0. The molecule has 1 aromatic heterocycles. The average Bonchev–Trinajstić information content (AvgIpc) is 3.39. The van der Waals surface area contributed by atoms with E-state index in [2.05, 4.69) is 167 Å². The van der Waals surface area contributed by atoms with Gasteiger partial charge in [-0.2, -0.15) is 0 Å². The second-order valence-corrected chi connectivity index (χ2v) is 9.48. The number of para-hydroxylation sites is 3. The molecule has 180 valence electrons. The van der Waals surface area contributed by atoms with Crippen LogP contribution in [0.25, 0.3) is 38.6 Å². The van der Waals surface area contributed by atoms with Crippen LogP contribution in [0, 0.1) is 0 Å². The molecule has 7 aromatic rings. The van der Waals surface area contributed by atoms with Crippen molar-refractivity contribution in [3.8, 4) is 16.9 Å². The molecule has 1 heterocycles. The minimum atomic E-state index is 1.12. The number of benzene rings is 6. The van der Waals surface area contributed by atoms with Crippen LogP contribution in [0.3, 0.4) is 0 Å². The van der Waals surface area contributed by atoms with Gasteiger partial charge in [0.05, 0.1) is 16.9 Å². The zero-order valence-electron chi connectivity index (χ0n) is 20.9. The third-order valence-electron chi connectivity index (χ3n) is 7.17. The Morgan fingerprint density at radius 1 is 0.447 bits per heavy atom. The molecule has 0 saturated carbocycles. The second kappa shape index (κ2) is 9.42. The van der Waals surface area contributed by atoms with E-state index in [0.29, 0.717) is 0 Å². The standard InChI is InChI=1S/C36H26N2/c1-3-15-30(16-4-1)37(35-21-11-14-27-12-7-9-19-33(27)35)32-24-22-28(23-25-32)36-26-29-13-8-10-20-34(29)38(36)31-17-5-2-6-18-31/h1-26H. The Morgan fingerprint density at radius 2 is 1.05 bits per heavy atom. The zero-order valence-corrected chi connectivity index (χ0v) is 20.9. The molecule has 0 aliphatic carbocycles. The minimum Gasteiger partial charge on any atom is -0.310 e. The number of hydrogen-bond acceptors (Lipinski definition) is 1. The van der Waals surface area contributed by atoms with Crippen molar-refractivity contribution < 1.29 is 0 Å². The second-order valence-electron chi connectivity index (χ2n) is 9.48. The van der Waals surface area contributed by atoms with Gasteiger partial charge in [0, 0.05) is 27.8 Å². The summed E-state index contributed by atoms with van der Waals surface area (Å²) in [5.41, 5.74) is 8.16. The smallest absolute Gasteiger partial charge is 0.0541 e. The van der Waals surface area contributed by atoms with Crippen molar-refractivity contribution in [3.63, 3.8) is 0 Å². The van der Waals surface area contributed by atoms with E-state index in [1.807, 2.05) is 0 Å². The quantitative estimate of drug-likeness (QED) is 0.235.